The van der Waals surface area contributed by atoms with Crippen LogP contribution in [0.5, 0.6) is 0 Å². The molecule has 0 bridgehead atoms. The van der Waals surface area contributed by atoms with Gasteiger partial charge in [0, 0.05) is 0 Å². The molecule has 0 aliphatic rings. The Kier molecular flexibility index (Phi) is 6.82. The Labute approximate surface area is 144 Å². The first kappa shape index (κ1) is 19.4. The molecular formula is C13H18Br2F2N2O3. The quantitative estimate of drug-likeness (QED) is 0.690. The minimum atomic E-state index is -3.10. The molecule has 1 amide bonds. The number of amides is 1. The number of carbonyl (C=O) groups excluding carboxylic acids is 1. The van der Waals surface area contributed by atoms with Gasteiger partial charge in [-0.15, -0.1) is 0 Å². The first-order valence-corrected chi connectivity index (χ1v) is 8.06. The predicted molar refractivity (Wildman–Crippen MR) is 85.0 cm³/mol. The van der Waals surface area contributed by atoms with Crippen molar-refractivity contribution in [3.63, 3.8) is 0 Å². The van der Waals surface area contributed by atoms with Crippen LogP contribution in [0.1, 0.15) is 26.5 Å². The average molecular weight is 448 g/mol. The molecule has 0 fully saturated rings. The van der Waals surface area contributed by atoms with Gasteiger partial charge in [-0.25, -0.2) is 13.6 Å². The van der Waals surface area contributed by atoms with Crippen LogP contribution < -0.4 is 10.6 Å². The Bertz CT molecular complexity index is 496. The van der Waals surface area contributed by atoms with Crippen LogP contribution in [0.2, 0.25) is 0 Å². The third kappa shape index (κ3) is 7.55. The molecule has 9 heteroatoms. The molecule has 0 unspecified atom stereocenters. The van der Waals surface area contributed by atoms with Crippen molar-refractivity contribution in [3.8, 4) is 0 Å². The SMILES string of the molecule is CC(C)(C)OC(=O)NCC(F)(F)CNCc1cc(Br)c(Br)o1. The summed E-state index contributed by atoms with van der Waals surface area (Å²) in [6, 6.07) is 1.67. The summed E-state index contributed by atoms with van der Waals surface area (Å²) in [6.45, 7) is 3.72. The van der Waals surface area contributed by atoms with Gasteiger partial charge in [0.1, 0.15) is 11.4 Å². The number of ether oxygens (including phenoxy) is 1. The van der Waals surface area contributed by atoms with Crippen LogP contribution in [0.4, 0.5) is 13.6 Å². The highest BCUT2D eigenvalue weighted by Crippen LogP contribution is 2.26. The van der Waals surface area contributed by atoms with E-state index in [1.807, 2.05) is 0 Å². The molecule has 0 aliphatic carbocycles. The molecule has 0 saturated carbocycles. The second-order valence-corrected chi connectivity index (χ2v) is 7.22. The van der Waals surface area contributed by atoms with Crippen LogP contribution in [-0.2, 0) is 11.3 Å². The lowest BCUT2D eigenvalue weighted by molar-refractivity contribution is -0.00403. The summed E-state index contributed by atoms with van der Waals surface area (Å²) in [5.74, 6) is -2.59. The van der Waals surface area contributed by atoms with E-state index in [2.05, 4.69) is 42.5 Å². The third-order valence-electron chi connectivity index (χ3n) is 2.27. The Morgan fingerprint density at radius 3 is 2.45 bits per heavy atom. The first-order chi connectivity index (χ1) is 9.98. The highest BCUT2D eigenvalue weighted by molar-refractivity contribution is 9.13. The molecule has 0 aliphatic heterocycles. The summed E-state index contributed by atoms with van der Waals surface area (Å²) in [7, 11) is 0. The Morgan fingerprint density at radius 2 is 1.95 bits per heavy atom. The zero-order chi connectivity index (χ0) is 17.0. The van der Waals surface area contributed by atoms with Gasteiger partial charge in [0.05, 0.1) is 24.1 Å². The van der Waals surface area contributed by atoms with E-state index in [-0.39, 0.29) is 6.54 Å². The van der Waals surface area contributed by atoms with Crippen molar-refractivity contribution >= 4 is 38.0 Å². The highest BCUT2D eigenvalue weighted by atomic mass is 79.9. The molecule has 2 N–H and O–H groups in total. The topological polar surface area (TPSA) is 63.5 Å². The van der Waals surface area contributed by atoms with Gasteiger partial charge in [-0.1, -0.05) is 0 Å². The number of hydrogen-bond donors (Lipinski definition) is 2. The maximum absolute atomic E-state index is 13.6. The second-order valence-electron chi connectivity index (χ2n) is 5.65. The predicted octanol–water partition coefficient (Wildman–Crippen LogP) is 4.05. The lowest BCUT2D eigenvalue weighted by Crippen LogP contribution is -2.44. The van der Waals surface area contributed by atoms with Crippen molar-refractivity contribution in [1.82, 2.24) is 10.6 Å². The normalized spacial score (nSPS) is 12.3. The number of hydrogen-bond acceptors (Lipinski definition) is 4. The van der Waals surface area contributed by atoms with Gasteiger partial charge in [-0.05, 0) is 58.7 Å². The standard InChI is InChI=1S/C13H18Br2F2N2O3/c1-12(2,3)22-11(20)19-7-13(16,17)6-18-5-8-4-9(14)10(15)21-8/h4,18H,5-7H2,1-3H3,(H,19,20). The van der Waals surface area contributed by atoms with Gasteiger partial charge >= 0.3 is 6.09 Å². The molecule has 1 aromatic heterocycles. The molecule has 0 aromatic carbocycles. The summed E-state index contributed by atoms with van der Waals surface area (Å²) < 4.78 is 38.6. The van der Waals surface area contributed by atoms with E-state index >= 15 is 0 Å². The number of halogens is 4. The lowest BCUT2D eigenvalue weighted by Gasteiger charge is -2.22. The number of nitrogens with one attached hydrogen (secondary N) is 2. The van der Waals surface area contributed by atoms with Gasteiger partial charge in [0.25, 0.3) is 5.92 Å². The van der Waals surface area contributed by atoms with Crippen molar-refractivity contribution < 1.29 is 22.7 Å². The Hall–Kier alpha value is -0.670. The largest absolute Gasteiger partial charge is 0.452 e. The molecule has 0 spiro atoms. The fourth-order valence-electron chi connectivity index (χ4n) is 1.43. The minimum Gasteiger partial charge on any atom is -0.452 e. The molecule has 1 aromatic rings. The van der Waals surface area contributed by atoms with E-state index in [0.29, 0.717) is 14.9 Å². The smallest absolute Gasteiger partial charge is 0.407 e. The molecule has 126 valence electrons. The minimum absolute atomic E-state index is 0.145. The molecule has 0 atom stereocenters. The van der Waals surface area contributed by atoms with Crippen molar-refractivity contribution in [2.24, 2.45) is 0 Å². The van der Waals surface area contributed by atoms with Crippen LogP contribution in [-0.4, -0.2) is 30.7 Å². The summed E-state index contributed by atoms with van der Waals surface area (Å²) in [5.41, 5.74) is -0.725. The van der Waals surface area contributed by atoms with E-state index in [4.69, 9.17) is 9.15 Å². The number of alkyl halides is 2. The number of alkyl carbamates (subject to hydrolysis) is 1. The second kappa shape index (κ2) is 7.74. The molecule has 22 heavy (non-hydrogen) atoms. The Morgan fingerprint density at radius 1 is 1.32 bits per heavy atom. The van der Waals surface area contributed by atoms with E-state index in [1.54, 1.807) is 26.8 Å². The summed E-state index contributed by atoms with van der Waals surface area (Å²) in [4.78, 5) is 11.3. The molecule has 5 nitrogen and oxygen atoms in total. The van der Waals surface area contributed by atoms with Crippen LogP contribution in [0.15, 0.2) is 19.6 Å². The number of furan rings is 1. The molecule has 1 rings (SSSR count). The van der Waals surface area contributed by atoms with Crippen molar-refractivity contribution in [2.75, 3.05) is 13.1 Å². The lowest BCUT2D eigenvalue weighted by atomic mass is 10.2. The van der Waals surface area contributed by atoms with Gasteiger partial charge in [-0.2, -0.15) is 0 Å². The van der Waals surface area contributed by atoms with Crippen molar-refractivity contribution in [1.29, 1.82) is 0 Å². The van der Waals surface area contributed by atoms with Gasteiger partial charge < -0.3 is 19.8 Å². The van der Waals surface area contributed by atoms with Gasteiger partial charge in [0.2, 0.25) is 0 Å². The van der Waals surface area contributed by atoms with Crippen LogP contribution >= 0.6 is 31.9 Å². The maximum Gasteiger partial charge on any atom is 0.407 e. The monoisotopic (exact) mass is 446 g/mol. The van der Waals surface area contributed by atoms with E-state index in [0.717, 1.165) is 0 Å². The summed E-state index contributed by atoms with van der Waals surface area (Å²) >= 11 is 6.40. The zero-order valence-electron chi connectivity index (χ0n) is 12.4. The summed E-state index contributed by atoms with van der Waals surface area (Å²) in [6.07, 6.45) is -0.869. The number of rotatable bonds is 6. The highest BCUT2D eigenvalue weighted by Gasteiger charge is 2.30. The van der Waals surface area contributed by atoms with Crippen LogP contribution in [0.25, 0.3) is 0 Å². The zero-order valence-corrected chi connectivity index (χ0v) is 15.6. The van der Waals surface area contributed by atoms with E-state index in [1.165, 1.54) is 0 Å². The maximum atomic E-state index is 13.6. The number of carbonyl (C=O) groups is 1. The molecular weight excluding hydrogens is 430 g/mol. The fraction of sp³-hybridized carbons (Fsp3) is 0.615. The van der Waals surface area contributed by atoms with E-state index in [9.17, 15) is 13.6 Å². The average Bonchev–Trinajstić information content (AvgIpc) is 2.64. The Balaban J connectivity index is 2.33. The van der Waals surface area contributed by atoms with E-state index < -0.39 is 30.7 Å². The molecule has 0 radical (unpaired) electrons. The molecule has 0 saturated heterocycles. The van der Waals surface area contributed by atoms with Gasteiger partial charge in [0.15, 0.2) is 4.67 Å². The fourth-order valence-corrected chi connectivity index (χ4v) is 2.08. The molecule has 1 heterocycles. The van der Waals surface area contributed by atoms with Crippen molar-refractivity contribution in [2.45, 2.75) is 38.8 Å². The van der Waals surface area contributed by atoms with Crippen LogP contribution in [0.3, 0.4) is 0 Å². The van der Waals surface area contributed by atoms with Gasteiger partial charge in [-0.3, -0.25) is 0 Å². The van der Waals surface area contributed by atoms with Crippen molar-refractivity contribution in [3.05, 3.63) is 21.0 Å². The third-order valence-corrected chi connectivity index (χ3v) is 3.98. The first-order valence-electron chi connectivity index (χ1n) is 6.48. The van der Waals surface area contributed by atoms with Crippen LogP contribution in [0, 0.1) is 0 Å². The summed E-state index contributed by atoms with van der Waals surface area (Å²) in [5, 5.41) is 4.63.